The van der Waals surface area contributed by atoms with Gasteiger partial charge in [0.05, 0.1) is 39.0 Å². The van der Waals surface area contributed by atoms with Crippen LogP contribution in [0.15, 0.2) is 60.0 Å². The molecule has 2 heterocycles. The predicted molar refractivity (Wildman–Crippen MR) is 130 cm³/mol. The van der Waals surface area contributed by atoms with Gasteiger partial charge >= 0.3 is 5.97 Å². The Balaban J connectivity index is 1.34. The molecule has 0 aliphatic heterocycles. The zero-order valence-electron chi connectivity index (χ0n) is 19.1. The second kappa shape index (κ2) is 10.3. The first kappa shape index (κ1) is 23.2. The molecule has 0 atom stereocenters. The van der Waals surface area contributed by atoms with Crippen LogP contribution in [-0.4, -0.2) is 33.2 Å². The summed E-state index contributed by atoms with van der Waals surface area (Å²) in [5.41, 5.74) is 4.06. The number of aromatic nitrogens is 3. The average molecular weight is 477 g/mol. The van der Waals surface area contributed by atoms with Crippen molar-refractivity contribution in [3.63, 3.8) is 0 Å². The van der Waals surface area contributed by atoms with Crippen LogP contribution in [-0.2, 0) is 16.1 Å². The average Bonchev–Trinajstić information content (AvgIpc) is 3.39. The van der Waals surface area contributed by atoms with Crippen LogP contribution in [0.1, 0.15) is 32.4 Å². The molecule has 0 spiro atoms. The van der Waals surface area contributed by atoms with Crippen LogP contribution < -0.4 is 10.1 Å². The number of amides is 1. The first-order valence-electron chi connectivity index (χ1n) is 10.6. The number of para-hydroxylation sites is 1. The number of anilines is 1. The van der Waals surface area contributed by atoms with Gasteiger partial charge in [-0.3, -0.25) is 4.79 Å². The van der Waals surface area contributed by atoms with Gasteiger partial charge in [-0.25, -0.2) is 14.5 Å². The lowest BCUT2D eigenvalue weighted by Gasteiger charge is -2.09. The normalized spacial score (nSPS) is 10.7. The van der Waals surface area contributed by atoms with Gasteiger partial charge in [-0.15, -0.1) is 11.3 Å². The van der Waals surface area contributed by atoms with Crippen LogP contribution in [0.25, 0.3) is 5.69 Å². The number of rotatable bonds is 8. The number of esters is 1. The minimum absolute atomic E-state index is 0.295. The molecule has 0 fully saturated rings. The number of nitrogens with one attached hydrogen (secondary N) is 1. The molecule has 1 N–H and O–H groups in total. The number of thiazole rings is 1. The highest BCUT2D eigenvalue weighted by molar-refractivity contribution is 7.09. The van der Waals surface area contributed by atoms with Gasteiger partial charge in [0.1, 0.15) is 12.4 Å². The summed E-state index contributed by atoms with van der Waals surface area (Å²) < 4.78 is 12.7. The Kier molecular flexibility index (Phi) is 7.03. The van der Waals surface area contributed by atoms with E-state index in [9.17, 15) is 9.59 Å². The van der Waals surface area contributed by atoms with Crippen molar-refractivity contribution in [3.8, 4) is 11.4 Å². The van der Waals surface area contributed by atoms with Gasteiger partial charge in [0.2, 0.25) is 0 Å². The van der Waals surface area contributed by atoms with Crippen molar-refractivity contribution in [2.45, 2.75) is 27.4 Å². The van der Waals surface area contributed by atoms with Gasteiger partial charge in [-0.2, -0.15) is 5.10 Å². The molecule has 2 aromatic carbocycles. The fourth-order valence-electron chi connectivity index (χ4n) is 3.38. The zero-order chi connectivity index (χ0) is 24.1. The van der Waals surface area contributed by atoms with Crippen LogP contribution >= 0.6 is 11.3 Å². The molecule has 0 saturated carbocycles. The Morgan fingerprint density at radius 3 is 2.59 bits per heavy atom. The number of ether oxygens (including phenoxy) is 2. The summed E-state index contributed by atoms with van der Waals surface area (Å²) in [6, 6.07) is 16.3. The number of aryl methyl sites for hydroxylation is 2. The molecule has 34 heavy (non-hydrogen) atoms. The van der Waals surface area contributed by atoms with Crippen molar-refractivity contribution >= 4 is 28.9 Å². The van der Waals surface area contributed by atoms with Gasteiger partial charge in [0.25, 0.3) is 5.91 Å². The van der Waals surface area contributed by atoms with E-state index < -0.39 is 18.5 Å². The van der Waals surface area contributed by atoms with Gasteiger partial charge in [0.15, 0.2) is 6.61 Å². The van der Waals surface area contributed by atoms with Gasteiger partial charge in [-0.1, -0.05) is 24.3 Å². The molecular weight excluding hydrogens is 452 g/mol. The summed E-state index contributed by atoms with van der Waals surface area (Å²) in [6.45, 7) is 5.50. The summed E-state index contributed by atoms with van der Waals surface area (Å²) in [5, 5.41) is 10.2. The highest BCUT2D eigenvalue weighted by Crippen LogP contribution is 2.23. The molecule has 4 rings (SSSR count). The van der Waals surface area contributed by atoms with Crippen molar-refractivity contribution in [2.75, 3.05) is 11.9 Å². The Morgan fingerprint density at radius 2 is 1.85 bits per heavy atom. The fourth-order valence-corrected chi connectivity index (χ4v) is 3.98. The van der Waals surface area contributed by atoms with E-state index in [-0.39, 0.29) is 0 Å². The highest BCUT2D eigenvalue weighted by atomic mass is 32.1. The van der Waals surface area contributed by atoms with Crippen molar-refractivity contribution in [3.05, 3.63) is 87.6 Å². The molecule has 0 aliphatic rings. The number of benzene rings is 2. The Bertz CT molecular complexity index is 1310. The maximum absolute atomic E-state index is 12.5. The van der Waals surface area contributed by atoms with Crippen LogP contribution in [0.4, 0.5) is 5.69 Å². The van der Waals surface area contributed by atoms with E-state index in [1.807, 2.05) is 56.5 Å². The van der Waals surface area contributed by atoms with E-state index in [1.54, 1.807) is 40.3 Å². The van der Waals surface area contributed by atoms with Gasteiger partial charge < -0.3 is 14.8 Å². The van der Waals surface area contributed by atoms with Crippen molar-refractivity contribution in [1.82, 2.24) is 14.8 Å². The smallest absolute Gasteiger partial charge is 0.338 e. The minimum atomic E-state index is -0.612. The monoisotopic (exact) mass is 476 g/mol. The Hall–Kier alpha value is -3.98. The molecule has 0 bridgehead atoms. The van der Waals surface area contributed by atoms with Crippen LogP contribution in [0.5, 0.6) is 5.75 Å². The molecule has 0 radical (unpaired) electrons. The maximum Gasteiger partial charge on any atom is 0.338 e. The Labute approximate surface area is 201 Å². The SMILES string of the molecule is Cc1nc(COc2cccc(C(=O)OCC(=O)Nc3c(C)nn(-c4ccccc4)c3C)c2)cs1. The molecule has 9 heteroatoms. The van der Waals surface area contributed by atoms with E-state index in [0.29, 0.717) is 29.3 Å². The second-order valence-electron chi connectivity index (χ2n) is 7.59. The van der Waals surface area contributed by atoms with Crippen LogP contribution in [0.2, 0.25) is 0 Å². The number of carbonyl (C=O) groups excluding carboxylic acids is 2. The van der Waals surface area contributed by atoms with Crippen LogP contribution in [0, 0.1) is 20.8 Å². The molecule has 8 nitrogen and oxygen atoms in total. The third-order valence-corrected chi connectivity index (χ3v) is 5.84. The van der Waals surface area contributed by atoms with Crippen molar-refractivity contribution in [1.29, 1.82) is 0 Å². The first-order valence-corrected chi connectivity index (χ1v) is 11.5. The third-order valence-electron chi connectivity index (χ3n) is 5.01. The highest BCUT2D eigenvalue weighted by Gasteiger charge is 2.17. The topological polar surface area (TPSA) is 95.3 Å². The molecule has 4 aromatic rings. The molecule has 0 unspecified atom stereocenters. The molecule has 0 aliphatic carbocycles. The van der Waals surface area contributed by atoms with E-state index >= 15 is 0 Å². The largest absolute Gasteiger partial charge is 0.487 e. The van der Waals surface area contributed by atoms with Crippen molar-refractivity contribution in [2.24, 2.45) is 0 Å². The molecule has 1 amide bonds. The lowest BCUT2D eigenvalue weighted by molar-refractivity contribution is -0.119. The van der Waals surface area contributed by atoms with Gasteiger partial charge in [0, 0.05) is 5.38 Å². The maximum atomic E-state index is 12.5. The lowest BCUT2D eigenvalue weighted by Crippen LogP contribution is -2.21. The van der Waals surface area contributed by atoms with E-state index in [2.05, 4.69) is 15.4 Å². The fraction of sp³-hybridized carbons (Fsp3) is 0.200. The van der Waals surface area contributed by atoms with Gasteiger partial charge in [-0.05, 0) is 51.1 Å². The summed E-state index contributed by atoms with van der Waals surface area (Å²) in [4.78, 5) is 29.3. The molecule has 174 valence electrons. The van der Waals surface area contributed by atoms with E-state index in [0.717, 1.165) is 22.1 Å². The zero-order valence-corrected chi connectivity index (χ0v) is 19.9. The molecular formula is C25H24N4O4S. The summed E-state index contributed by atoms with van der Waals surface area (Å²) >= 11 is 1.55. The lowest BCUT2D eigenvalue weighted by atomic mass is 10.2. The quantitative estimate of drug-likeness (QED) is 0.373. The number of nitrogens with zero attached hydrogens (tertiary/aromatic N) is 3. The van der Waals surface area contributed by atoms with Crippen molar-refractivity contribution < 1.29 is 19.1 Å². The molecule has 0 saturated heterocycles. The van der Waals surface area contributed by atoms with E-state index in [4.69, 9.17) is 9.47 Å². The number of hydrogen-bond donors (Lipinski definition) is 1. The first-order chi connectivity index (χ1) is 16.4. The molecule has 2 aromatic heterocycles. The summed E-state index contributed by atoms with van der Waals surface area (Å²) in [6.07, 6.45) is 0. The summed E-state index contributed by atoms with van der Waals surface area (Å²) in [5.74, 6) is -0.541. The standard InChI is InChI=1S/C25H24N4O4S/c1-16-24(17(2)29(28-16)21-9-5-4-6-10-21)27-23(30)14-33-25(31)19-8-7-11-22(12-19)32-13-20-15-34-18(3)26-20/h4-12,15H,13-14H2,1-3H3,(H,27,30). The van der Waals surface area contributed by atoms with E-state index in [1.165, 1.54) is 0 Å². The number of carbonyl (C=O) groups is 2. The second-order valence-corrected chi connectivity index (χ2v) is 8.65. The number of hydrogen-bond acceptors (Lipinski definition) is 7. The Morgan fingerprint density at radius 1 is 1.06 bits per heavy atom. The predicted octanol–water partition coefficient (Wildman–Crippen LogP) is 4.63. The third kappa shape index (κ3) is 5.49. The van der Waals surface area contributed by atoms with Crippen LogP contribution in [0.3, 0.4) is 0 Å². The minimum Gasteiger partial charge on any atom is -0.487 e. The summed E-state index contributed by atoms with van der Waals surface area (Å²) in [7, 11) is 0.